The molecule has 1 aromatic rings. The van der Waals surface area contributed by atoms with Gasteiger partial charge in [0.25, 0.3) is 0 Å². The molecule has 16 heavy (non-hydrogen) atoms. The number of benzene rings is 1. The van der Waals surface area contributed by atoms with Gasteiger partial charge in [-0.15, -0.1) is 0 Å². The van der Waals surface area contributed by atoms with Crippen LogP contribution in [0.3, 0.4) is 0 Å². The first-order chi connectivity index (χ1) is 7.71. The summed E-state index contributed by atoms with van der Waals surface area (Å²) < 4.78 is 0. The third kappa shape index (κ3) is 2.65. The highest BCUT2D eigenvalue weighted by Crippen LogP contribution is 2.41. The third-order valence-electron chi connectivity index (χ3n) is 4.10. The minimum atomic E-state index is -0.129. The number of aliphatic hydroxyl groups is 1. The normalized spacial score (nSPS) is 20.9. The van der Waals surface area contributed by atoms with E-state index in [0.29, 0.717) is 0 Å². The smallest absolute Gasteiger partial charge is 0.0596 e. The van der Waals surface area contributed by atoms with Gasteiger partial charge in [0.05, 0.1) is 6.10 Å². The van der Waals surface area contributed by atoms with Gasteiger partial charge in [-0.3, -0.25) is 0 Å². The van der Waals surface area contributed by atoms with Crippen LogP contribution in [0.5, 0.6) is 0 Å². The van der Waals surface area contributed by atoms with Crippen molar-refractivity contribution < 1.29 is 5.11 Å². The van der Waals surface area contributed by atoms with E-state index in [2.05, 4.69) is 31.2 Å². The Morgan fingerprint density at radius 1 is 1.19 bits per heavy atom. The van der Waals surface area contributed by atoms with E-state index in [1.54, 1.807) is 0 Å². The number of rotatable bonds is 4. The lowest BCUT2D eigenvalue weighted by molar-refractivity contribution is 0.0354. The van der Waals surface area contributed by atoms with Gasteiger partial charge in [0.1, 0.15) is 0 Å². The highest BCUT2D eigenvalue weighted by atomic mass is 16.3. The summed E-state index contributed by atoms with van der Waals surface area (Å²) >= 11 is 0. The molecule has 0 bridgehead atoms. The zero-order valence-corrected chi connectivity index (χ0v) is 10.2. The van der Waals surface area contributed by atoms with Gasteiger partial charge in [0.2, 0.25) is 0 Å². The Balaban J connectivity index is 1.86. The molecule has 1 nitrogen and oxygen atoms in total. The van der Waals surface area contributed by atoms with Crippen LogP contribution in [-0.2, 0) is 6.42 Å². The molecule has 0 spiro atoms. The molecule has 1 aromatic carbocycles. The molecule has 1 saturated carbocycles. The van der Waals surface area contributed by atoms with Crippen LogP contribution in [0.25, 0.3) is 0 Å². The number of aryl methyl sites for hydroxylation is 1. The molecule has 1 aliphatic rings. The number of hydrogen-bond acceptors (Lipinski definition) is 1. The van der Waals surface area contributed by atoms with E-state index in [1.165, 1.54) is 31.2 Å². The van der Waals surface area contributed by atoms with E-state index < -0.39 is 0 Å². The Morgan fingerprint density at radius 2 is 1.81 bits per heavy atom. The summed E-state index contributed by atoms with van der Waals surface area (Å²) in [6.45, 7) is 2.25. The van der Waals surface area contributed by atoms with Gasteiger partial charge in [-0.05, 0) is 36.7 Å². The molecule has 1 unspecified atom stereocenters. The second-order valence-corrected chi connectivity index (χ2v) is 5.40. The molecule has 0 amide bonds. The van der Waals surface area contributed by atoms with Crippen LogP contribution in [0.15, 0.2) is 30.3 Å². The maximum Gasteiger partial charge on any atom is 0.0596 e. The van der Waals surface area contributed by atoms with E-state index in [4.69, 9.17) is 0 Å². The Morgan fingerprint density at radius 3 is 2.44 bits per heavy atom. The zero-order valence-electron chi connectivity index (χ0n) is 10.2. The van der Waals surface area contributed by atoms with E-state index in [1.807, 2.05) is 6.07 Å². The van der Waals surface area contributed by atoms with Crippen LogP contribution in [0, 0.1) is 5.41 Å². The summed E-state index contributed by atoms with van der Waals surface area (Å²) in [6.07, 6.45) is 6.75. The van der Waals surface area contributed by atoms with E-state index in [9.17, 15) is 5.11 Å². The van der Waals surface area contributed by atoms with Crippen LogP contribution in [0.4, 0.5) is 0 Å². The molecule has 1 heteroatoms. The largest absolute Gasteiger partial charge is 0.393 e. The van der Waals surface area contributed by atoms with Crippen LogP contribution < -0.4 is 0 Å². The number of aliphatic hydroxyl groups excluding tert-OH is 1. The SMILES string of the molecule is CC1(C(O)CCc2ccccc2)CCCC1. The minimum absolute atomic E-state index is 0.129. The average Bonchev–Trinajstić information content (AvgIpc) is 2.76. The molecular formula is C15H22O. The predicted molar refractivity (Wildman–Crippen MR) is 67.3 cm³/mol. The summed E-state index contributed by atoms with van der Waals surface area (Å²) in [5.41, 5.74) is 1.53. The Hall–Kier alpha value is -0.820. The summed E-state index contributed by atoms with van der Waals surface area (Å²) in [4.78, 5) is 0. The van der Waals surface area contributed by atoms with Gasteiger partial charge in [-0.25, -0.2) is 0 Å². The monoisotopic (exact) mass is 218 g/mol. The molecule has 1 fully saturated rings. The molecule has 0 aliphatic heterocycles. The van der Waals surface area contributed by atoms with Crippen molar-refractivity contribution >= 4 is 0 Å². The lowest BCUT2D eigenvalue weighted by Crippen LogP contribution is -2.29. The lowest BCUT2D eigenvalue weighted by Gasteiger charge is -2.30. The summed E-state index contributed by atoms with van der Waals surface area (Å²) in [5, 5.41) is 10.3. The molecule has 1 atom stereocenters. The van der Waals surface area contributed by atoms with Crippen LogP contribution >= 0.6 is 0 Å². The first kappa shape index (κ1) is 11.7. The predicted octanol–water partition coefficient (Wildman–Crippen LogP) is 3.56. The zero-order chi connectivity index (χ0) is 11.4. The molecule has 0 aromatic heterocycles. The highest BCUT2D eigenvalue weighted by Gasteiger charge is 2.35. The van der Waals surface area contributed by atoms with Crippen molar-refractivity contribution in [3.63, 3.8) is 0 Å². The maximum atomic E-state index is 10.3. The molecule has 0 saturated heterocycles. The fourth-order valence-corrected chi connectivity index (χ4v) is 2.81. The van der Waals surface area contributed by atoms with Crippen molar-refractivity contribution in [3.05, 3.63) is 35.9 Å². The van der Waals surface area contributed by atoms with E-state index >= 15 is 0 Å². The topological polar surface area (TPSA) is 20.2 Å². The fraction of sp³-hybridized carbons (Fsp3) is 0.600. The van der Waals surface area contributed by atoms with Crippen molar-refractivity contribution in [1.82, 2.24) is 0 Å². The molecule has 0 heterocycles. The Kier molecular flexibility index (Phi) is 3.65. The van der Waals surface area contributed by atoms with Crippen molar-refractivity contribution in [2.75, 3.05) is 0 Å². The van der Waals surface area contributed by atoms with Crippen molar-refractivity contribution in [2.24, 2.45) is 5.41 Å². The van der Waals surface area contributed by atoms with Crippen molar-refractivity contribution in [2.45, 2.75) is 51.6 Å². The van der Waals surface area contributed by atoms with Gasteiger partial charge in [0, 0.05) is 0 Å². The molecule has 88 valence electrons. The molecule has 0 radical (unpaired) electrons. The summed E-state index contributed by atoms with van der Waals surface area (Å²) in [5.74, 6) is 0. The van der Waals surface area contributed by atoms with Gasteiger partial charge in [0.15, 0.2) is 0 Å². The first-order valence-corrected chi connectivity index (χ1v) is 6.43. The van der Waals surface area contributed by atoms with Gasteiger partial charge >= 0.3 is 0 Å². The Bertz CT molecular complexity index is 311. The average molecular weight is 218 g/mol. The van der Waals surface area contributed by atoms with Gasteiger partial charge in [-0.2, -0.15) is 0 Å². The summed E-state index contributed by atoms with van der Waals surface area (Å²) in [6, 6.07) is 10.5. The van der Waals surface area contributed by atoms with Crippen LogP contribution in [0.1, 0.15) is 44.6 Å². The second-order valence-electron chi connectivity index (χ2n) is 5.40. The second kappa shape index (κ2) is 5.01. The third-order valence-corrected chi connectivity index (χ3v) is 4.10. The van der Waals surface area contributed by atoms with Crippen LogP contribution in [-0.4, -0.2) is 11.2 Å². The quantitative estimate of drug-likeness (QED) is 0.819. The standard InChI is InChI=1S/C15H22O/c1-15(11-5-6-12-15)14(16)10-9-13-7-3-2-4-8-13/h2-4,7-8,14,16H,5-6,9-12H2,1H3. The molecule has 1 N–H and O–H groups in total. The van der Waals surface area contributed by atoms with E-state index in [-0.39, 0.29) is 11.5 Å². The first-order valence-electron chi connectivity index (χ1n) is 6.43. The van der Waals surface area contributed by atoms with E-state index in [0.717, 1.165) is 12.8 Å². The molecule has 1 aliphatic carbocycles. The minimum Gasteiger partial charge on any atom is -0.393 e. The Labute approximate surface area is 98.5 Å². The molecular weight excluding hydrogens is 196 g/mol. The maximum absolute atomic E-state index is 10.3. The fourth-order valence-electron chi connectivity index (χ4n) is 2.81. The lowest BCUT2D eigenvalue weighted by atomic mass is 9.80. The van der Waals surface area contributed by atoms with Gasteiger partial charge < -0.3 is 5.11 Å². The molecule has 2 rings (SSSR count). The van der Waals surface area contributed by atoms with Gasteiger partial charge in [-0.1, -0.05) is 50.1 Å². The van der Waals surface area contributed by atoms with Crippen LogP contribution in [0.2, 0.25) is 0 Å². The van der Waals surface area contributed by atoms with Crippen molar-refractivity contribution in [1.29, 1.82) is 0 Å². The van der Waals surface area contributed by atoms with Crippen molar-refractivity contribution in [3.8, 4) is 0 Å². The number of hydrogen-bond donors (Lipinski definition) is 1. The highest BCUT2D eigenvalue weighted by molar-refractivity contribution is 5.14. The summed E-state index contributed by atoms with van der Waals surface area (Å²) in [7, 11) is 0.